The van der Waals surface area contributed by atoms with Crippen LogP contribution in [0.15, 0.2) is 18.2 Å². The van der Waals surface area contributed by atoms with Gasteiger partial charge in [-0.2, -0.15) is 0 Å². The maximum atomic E-state index is 11.7. The van der Waals surface area contributed by atoms with E-state index in [-0.39, 0.29) is 11.9 Å². The van der Waals surface area contributed by atoms with Gasteiger partial charge in [-0.15, -0.1) is 0 Å². The van der Waals surface area contributed by atoms with Crippen molar-refractivity contribution < 1.29 is 9.53 Å². The maximum Gasteiger partial charge on any atom is 0.163 e. The summed E-state index contributed by atoms with van der Waals surface area (Å²) in [5.41, 5.74) is 1.85. The van der Waals surface area contributed by atoms with Crippen LogP contribution in [-0.2, 0) is 0 Å². The van der Waals surface area contributed by atoms with Crippen molar-refractivity contribution >= 4 is 5.78 Å². The zero-order valence-electron chi connectivity index (χ0n) is 12.2. The Morgan fingerprint density at radius 2 is 2.16 bits per heavy atom. The number of rotatable bonds is 4. The lowest BCUT2D eigenvalue weighted by atomic mass is 9.85. The lowest BCUT2D eigenvalue weighted by Crippen LogP contribution is -2.25. The molecule has 2 heteroatoms. The zero-order chi connectivity index (χ0) is 13.8. The highest BCUT2D eigenvalue weighted by atomic mass is 16.5. The SMILES string of the molecule is CCC1CCCC(Oc2cc(C)ccc2C(C)=O)C1. The first-order valence-corrected chi connectivity index (χ1v) is 7.38. The Balaban J connectivity index is 2.13. The van der Waals surface area contributed by atoms with E-state index in [4.69, 9.17) is 4.74 Å². The van der Waals surface area contributed by atoms with Crippen LogP contribution >= 0.6 is 0 Å². The summed E-state index contributed by atoms with van der Waals surface area (Å²) in [5.74, 6) is 1.64. The highest BCUT2D eigenvalue weighted by Crippen LogP contribution is 2.31. The molecule has 0 bridgehead atoms. The molecule has 2 nitrogen and oxygen atoms in total. The Kier molecular flexibility index (Phi) is 4.62. The standard InChI is InChI=1S/C17H24O2/c1-4-14-6-5-7-15(11-14)19-17-10-12(2)8-9-16(17)13(3)18/h8-10,14-15H,4-7,11H2,1-3H3. The molecule has 0 aromatic heterocycles. The van der Waals surface area contributed by atoms with Gasteiger partial charge in [-0.05, 0) is 56.7 Å². The average molecular weight is 260 g/mol. The van der Waals surface area contributed by atoms with Crippen LogP contribution in [0, 0.1) is 12.8 Å². The fraction of sp³-hybridized carbons (Fsp3) is 0.588. The molecule has 2 rings (SSSR count). The first-order valence-electron chi connectivity index (χ1n) is 7.38. The molecule has 0 amide bonds. The van der Waals surface area contributed by atoms with Crippen LogP contribution in [0.3, 0.4) is 0 Å². The molecule has 0 heterocycles. The second kappa shape index (κ2) is 6.23. The molecule has 104 valence electrons. The summed E-state index contributed by atoms with van der Waals surface area (Å²) in [5, 5.41) is 0. The molecule has 0 saturated heterocycles. The Morgan fingerprint density at radius 3 is 2.84 bits per heavy atom. The van der Waals surface area contributed by atoms with Crippen molar-refractivity contribution in [2.24, 2.45) is 5.92 Å². The normalized spacial score (nSPS) is 23.1. The van der Waals surface area contributed by atoms with Gasteiger partial charge in [0.1, 0.15) is 5.75 Å². The fourth-order valence-electron chi connectivity index (χ4n) is 2.92. The van der Waals surface area contributed by atoms with E-state index in [1.165, 1.54) is 19.3 Å². The van der Waals surface area contributed by atoms with Crippen LogP contribution in [-0.4, -0.2) is 11.9 Å². The van der Waals surface area contributed by atoms with E-state index in [9.17, 15) is 4.79 Å². The van der Waals surface area contributed by atoms with Crippen LogP contribution in [0.2, 0.25) is 0 Å². The first-order chi connectivity index (χ1) is 9.10. The summed E-state index contributed by atoms with van der Waals surface area (Å²) >= 11 is 0. The smallest absolute Gasteiger partial charge is 0.163 e. The minimum Gasteiger partial charge on any atom is -0.490 e. The van der Waals surface area contributed by atoms with E-state index in [0.717, 1.165) is 30.1 Å². The third-order valence-corrected chi connectivity index (χ3v) is 4.12. The Labute approximate surface area is 116 Å². The van der Waals surface area contributed by atoms with E-state index in [0.29, 0.717) is 5.56 Å². The van der Waals surface area contributed by atoms with Crippen LogP contribution in [0.4, 0.5) is 0 Å². The molecule has 1 aromatic carbocycles. The molecule has 1 saturated carbocycles. The molecular weight excluding hydrogens is 236 g/mol. The predicted octanol–water partition coefficient (Wildman–Crippen LogP) is 4.55. The van der Waals surface area contributed by atoms with Gasteiger partial charge in [-0.25, -0.2) is 0 Å². The Morgan fingerprint density at radius 1 is 1.37 bits per heavy atom. The number of hydrogen-bond acceptors (Lipinski definition) is 2. The molecule has 0 aliphatic heterocycles. The summed E-state index contributed by atoms with van der Waals surface area (Å²) in [6.07, 6.45) is 6.31. The number of carbonyl (C=O) groups is 1. The number of carbonyl (C=O) groups excluding carboxylic acids is 1. The highest BCUT2D eigenvalue weighted by Gasteiger charge is 2.23. The molecule has 19 heavy (non-hydrogen) atoms. The number of hydrogen-bond donors (Lipinski definition) is 0. The minimum atomic E-state index is 0.0813. The van der Waals surface area contributed by atoms with Crippen molar-refractivity contribution in [3.8, 4) is 5.75 Å². The quantitative estimate of drug-likeness (QED) is 0.743. The van der Waals surface area contributed by atoms with Crippen LogP contribution in [0.5, 0.6) is 5.75 Å². The first kappa shape index (κ1) is 14.1. The van der Waals surface area contributed by atoms with Gasteiger partial charge < -0.3 is 4.74 Å². The molecule has 2 unspecified atom stereocenters. The van der Waals surface area contributed by atoms with Crippen molar-refractivity contribution in [2.45, 2.75) is 59.0 Å². The second-order valence-corrected chi connectivity index (χ2v) is 5.74. The van der Waals surface area contributed by atoms with Crippen molar-refractivity contribution in [3.05, 3.63) is 29.3 Å². The lowest BCUT2D eigenvalue weighted by molar-refractivity contribution is 0.0988. The second-order valence-electron chi connectivity index (χ2n) is 5.74. The molecular formula is C17H24O2. The number of ketones is 1. The van der Waals surface area contributed by atoms with Gasteiger partial charge >= 0.3 is 0 Å². The van der Waals surface area contributed by atoms with Crippen LogP contribution in [0.25, 0.3) is 0 Å². The number of aryl methyl sites for hydroxylation is 1. The minimum absolute atomic E-state index is 0.0813. The van der Waals surface area contributed by atoms with Crippen molar-refractivity contribution in [2.75, 3.05) is 0 Å². The molecule has 0 N–H and O–H groups in total. The monoisotopic (exact) mass is 260 g/mol. The van der Waals surface area contributed by atoms with Gasteiger partial charge in [0.05, 0.1) is 11.7 Å². The highest BCUT2D eigenvalue weighted by molar-refractivity contribution is 5.96. The van der Waals surface area contributed by atoms with Crippen molar-refractivity contribution in [3.63, 3.8) is 0 Å². The van der Waals surface area contributed by atoms with E-state index >= 15 is 0 Å². The van der Waals surface area contributed by atoms with Crippen LogP contribution in [0.1, 0.15) is 61.9 Å². The fourth-order valence-corrected chi connectivity index (χ4v) is 2.92. The third kappa shape index (κ3) is 3.59. The molecule has 1 aliphatic rings. The molecule has 2 atom stereocenters. The van der Waals surface area contributed by atoms with Crippen molar-refractivity contribution in [1.29, 1.82) is 0 Å². The molecule has 0 radical (unpaired) electrons. The molecule has 1 aliphatic carbocycles. The van der Waals surface area contributed by atoms with Crippen molar-refractivity contribution in [1.82, 2.24) is 0 Å². The number of Topliss-reactive ketones (excluding diaryl/α,β-unsaturated/α-hetero) is 1. The van der Waals surface area contributed by atoms with E-state index < -0.39 is 0 Å². The number of ether oxygens (including phenoxy) is 1. The third-order valence-electron chi connectivity index (χ3n) is 4.12. The van der Waals surface area contributed by atoms with E-state index in [1.807, 2.05) is 25.1 Å². The topological polar surface area (TPSA) is 26.3 Å². The van der Waals surface area contributed by atoms with Gasteiger partial charge in [0, 0.05) is 0 Å². The van der Waals surface area contributed by atoms with Gasteiger partial charge in [0.15, 0.2) is 5.78 Å². The maximum absolute atomic E-state index is 11.7. The summed E-state index contributed by atoms with van der Waals surface area (Å²) < 4.78 is 6.14. The van der Waals surface area contributed by atoms with E-state index in [1.54, 1.807) is 6.92 Å². The molecule has 0 spiro atoms. The summed E-state index contributed by atoms with van der Waals surface area (Å²) in [4.78, 5) is 11.7. The van der Waals surface area contributed by atoms with Gasteiger partial charge in [-0.1, -0.05) is 25.8 Å². The van der Waals surface area contributed by atoms with Gasteiger partial charge in [0.25, 0.3) is 0 Å². The summed E-state index contributed by atoms with van der Waals surface area (Å²) in [7, 11) is 0. The Hall–Kier alpha value is -1.31. The van der Waals surface area contributed by atoms with Gasteiger partial charge in [0.2, 0.25) is 0 Å². The molecule has 1 fully saturated rings. The van der Waals surface area contributed by atoms with E-state index in [2.05, 4.69) is 6.92 Å². The van der Waals surface area contributed by atoms with Gasteiger partial charge in [-0.3, -0.25) is 4.79 Å². The molecule has 1 aromatic rings. The number of benzene rings is 1. The predicted molar refractivity (Wildman–Crippen MR) is 77.8 cm³/mol. The average Bonchev–Trinajstić information content (AvgIpc) is 2.38. The lowest BCUT2D eigenvalue weighted by Gasteiger charge is -2.29. The zero-order valence-corrected chi connectivity index (χ0v) is 12.2. The van der Waals surface area contributed by atoms with Crippen LogP contribution < -0.4 is 4.74 Å². The summed E-state index contributed by atoms with van der Waals surface area (Å²) in [6.45, 7) is 5.89. The Bertz CT molecular complexity index is 451. The summed E-state index contributed by atoms with van der Waals surface area (Å²) in [6, 6.07) is 5.85. The largest absolute Gasteiger partial charge is 0.490 e.